The van der Waals surface area contributed by atoms with Gasteiger partial charge in [0.05, 0.1) is 12.0 Å². The largest absolute Gasteiger partial charge is 0.481 e. The standard InChI is InChI=1S/C17H24N2O4/c1-11(20)13-4-2-12(3-5-13)10-18-17(23)19-15-8-6-14(7-9-15)16(21)22/h2-5,11,14-15,20H,6-10H2,1H3,(H,21,22)(H2,18,19,23). The van der Waals surface area contributed by atoms with Crippen molar-refractivity contribution in [1.82, 2.24) is 10.6 Å². The molecule has 1 aromatic carbocycles. The number of hydrogen-bond acceptors (Lipinski definition) is 3. The molecule has 4 N–H and O–H groups in total. The van der Waals surface area contributed by atoms with Gasteiger partial charge in [0.25, 0.3) is 0 Å². The summed E-state index contributed by atoms with van der Waals surface area (Å²) < 4.78 is 0. The highest BCUT2D eigenvalue weighted by Crippen LogP contribution is 2.24. The number of nitrogens with one attached hydrogen (secondary N) is 2. The number of urea groups is 1. The first-order valence-electron chi connectivity index (χ1n) is 7.99. The number of benzene rings is 1. The molecule has 1 unspecified atom stereocenters. The zero-order chi connectivity index (χ0) is 16.8. The van der Waals surface area contributed by atoms with E-state index in [0.717, 1.165) is 11.1 Å². The van der Waals surface area contributed by atoms with Gasteiger partial charge >= 0.3 is 12.0 Å². The van der Waals surface area contributed by atoms with Crippen LogP contribution < -0.4 is 10.6 Å². The summed E-state index contributed by atoms with van der Waals surface area (Å²) in [5, 5.41) is 24.1. The van der Waals surface area contributed by atoms with E-state index in [4.69, 9.17) is 5.11 Å². The van der Waals surface area contributed by atoms with Gasteiger partial charge in [-0.15, -0.1) is 0 Å². The van der Waals surface area contributed by atoms with Crippen LogP contribution in [0, 0.1) is 5.92 Å². The third-order valence-corrected chi connectivity index (χ3v) is 4.33. The van der Waals surface area contributed by atoms with Crippen molar-refractivity contribution in [2.45, 2.75) is 51.3 Å². The third kappa shape index (κ3) is 5.25. The Hall–Kier alpha value is -2.08. The summed E-state index contributed by atoms with van der Waals surface area (Å²) in [6, 6.07) is 7.24. The van der Waals surface area contributed by atoms with Crippen LogP contribution in [0.3, 0.4) is 0 Å². The fourth-order valence-electron chi connectivity index (χ4n) is 2.82. The van der Waals surface area contributed by atoms with E-state index in [1.807, 2.05) is 24.3 Å². The monoisotopic (exact) mass is 320 g/mol. The Balaban J connectivity index is 1.72. The van der Waals surface area contributed by atoms with Gasteiger partial charge in [0.2, 0.25) is 0 Å². The molecule has 1 aromatic rings. The van der Waals surface area contributed by atoms with Crippen molar-refractivity contribution >= 4 is 12.0 Å². The lowest BCUT2D eigenvalue weighted by atomic mass is 9.86. The predicted molar refractivity (Wildman–Crippen MR) is 85.8 cm³/mol. The number of rotatable bonds is 5. The minimum absolute atomic E-state index is 0.0446. The Morgan fingerprint density at radius 2 is 1.78 bits per heavy atom. The summed E-state index contributed by atoms with van der Waals surface area (Å²) in [7, 11) is 0. The molecule has 126 valence electrons. The molecular weight excluding hydrogens is 296 g/mol. The van der Waals surface area contributed by atoms with Gasteiger partial charge in [0.1, 0.15) is 0 Å². The molecule has 0 aliphatic heterocycles. The molecular formula is C17H24N2O4. The molecule has 1 atom stereocenters. The molecule has 1 aliphatic rings. The molecule has 0 aromatic heterocycles. The lowest BCUT2D eigenvalue weighted by Crippen LogP contribution is -2.43. The third-order valence-electron chi connectivity index (χ3n) is 4.33. The van der Waals surface area contributed by atoms with Crippen molar-refractivity contribution in [3.05, 3.63) is 35.4 Å². The number of carboxylic acid groups (broad SMARTS) is 1. The van der Waals surface area contributed by atoms with Gasteiger partial charge < -0.3 is 20.8 Å². The highest BCUT2D eigenvalue weighted by Gasteiger charge is 2.26. The summed E-state index contributed by atoms with van der Waals surface area (Å²) in [5.41, 5.74) is 1.80. The maximum absolute atomic E-state index is 11.9. The minimum Gasteiger partial charge on any atom is -0.481 e. The Kier molecular flexibility index (Phi) is 5.98. The molecule has 0 saturated heterocycles. The van der Waals surface area contributed by atoms with Gasteiger partial charge in [0, 0.05) is 12.6 Å². The molecule has 23 heavy (non-hydrogen) atoms. The lowest BCUT2D eigenvalue weighted by Gasteiger charge is -2.26. The molecule has 0 radical (unpaired) electrons. The number of carboxylic acids is 1. The van der Waals surface area contributed by atoms with E-state index in [1.165, 1.54) is 0 Å². The van der Waals surface area contributed by atoms with E-state index in [9.17, 15) is 14.7 Å². The molecule has 2 amide bonds. The van der Waals surface area contributed by atoms with Crippen molar-refractivity contribution in [3.63, 3.8) is 0 Å². The molecule has 0 bridgehead atoms. The van der Waals surface area contributed by atoms with E-state index in [1.54, 1.807) is 6.92 Å². The van der Waals surface area contributed by atoms with Crippen LogP contribution in [-0.2, 0) is 11.3 Å². The Morgan fingerprint density at radius 1 is 1.17 bits per heavy atom. The maximum atomic E-state index is 11.9. The molecule has 0 spiro atoms. The van der Waals surface area contributed by atoms with Crippen LogP contribution in [0.1, 0.15) is 49.8 Å². The Labute approximate surface area is 135 Å². The van der Waals surface area contributed by atoms with Crippen LogP contribution in [0.5, 0.6) is 0 Å². The first kappa shape index (κ1) is 17.3. The number of carbonyl (C=O) groups excluding carboxylic acids is 1. The maximum Gasteiger partial charge on any atom is 0.315 e. The van der Waals surface area contributed by atoms with Crippen LogP contribution in [0.4, 0.5) is 4.79 Å². The van der Waals surface area contributed by atoms with Crippen molar-refractivity contribution in [1.29, 1.82) is 0 Å². The molecule has 1 aliphatic carbocycles. The van der Waals surface area contributed by atoms with E-state index < -0.39 is 12.1 Å². The van der Waals surface area contributed by atoms with Gasteiger partial charge in [-0.2, -0.15) is 0 Å². The van der Waals surface area contributed by atoms with Gasteiger partial charge in [-0.1, -0.05) is 24.3 Å². The summed E-state index contributed by atoms with van der Waals surface area (Å²) in [5.74, 6) is -1.02. The smallest absolute Gasteiger partial charge is 0.315 e. The average molecular weight is 320 g/mol. The van der Waals surface area contributed by atoms with Crippen molar-refractivity contribution < 1.29 is 19.8 Å². The summed E-state index contributed by atoms with van der Waals surface area (Å²) in [6.45, 7) is 2.12. The summed E-state index contributed by atoms with van der Waals surface area (Å²) in [6.07, 6.45) is 2.13. The molecule has 0 heterocycles. The van der Waals surface area contributed by atoms with E-state index in [0.29, 0.717) is 32.2 Å². The van der Waals surface area contributed by atoms with Gasteiger partial charge in [-0.3, -0.25) is 4.79 Å². The van der Waals surface area contributed by atoms with Crippen LogP contribution in [-0.4, -0.2) is 28.3 Å². The van der Waals surface area contributed by atoms with Gasteiger partial charge in [-0.05, 0) is 43.7 Å². The number of hydrogen-bond donors (Lipinski definition) is 4. The second-order valence-corrected chi connectivity index (χ2v) is 6.13. The van der Waals surface area contributed by atoms with Crippen LogP contribution in [0.15, 0.2) is 24.3 Å². The molecule has 1 saturated carbocycles. The summed E-state index contributed by atoms with van der Waals surface area (Å²) >= 11 is 0. The number of carbonyl (C=O) groups is 2. The first-order chi connectivity index (χ1) is 11.0. The Bertz CT molecular complexity index is 534. The van der Waals surface area contributed by atoms with E-state index >= 15 is 0 Å². The fraction of sp³-hybridized carbons (Fsp3) is 0.529. The molecule has 2 rings (SSSR count). The van der Waals surface area contributed by atoms with Crippen molar-refractivity contribution in [3.8, 4) is 0 Å². The van der Waals surface area contributed by atoms with Crippen LogP contribution in [0.2, 0.25) is 0 Å². The van der Waals surface area contributed by atoms with Crippen molar-refractivity contribution in [2.24, 2.45) is 5.92 Å². The summed E-state index contributed by atoms with van der Waals surface area (Å²) in [4.78, 5) is 22.8. The SMILES string of the molecule is CC(O)c1ccc(CNC(=O)NC2CCC(C(=O)O)CC2)cc1. The fourth-order valence-corrected chi connectivity index (χ4v) is 2.82. The van der Waals surface area contributed by atoms with E-state index in [2.05, 4.69) is 10.6 Å². The van der Waals surface area contributed by atoms with Crippen LogP contribution >= 0.6 is 0 Å². The topological polar surface area (TPSA) is 98.7 Å². The number of aliphatic hydroxyl groups is 1. The van der Waals surface area contributed by atoms with Gasteiger partial charge in [0.15, 0.2) is 0 Å². The zero-order valence-corrected chi connectivity index (χ0v) is 13.3. The highest BCUT2D eigenvalue weighted by molar-refractivity contribution is 5.74. The Morgan fingerprint density at radius 3 is 2.30 bits per heavy atom. The van der Waals surface area contributed by atoms with Gasteiger partial charge in [-0.25, -0.2) is 4.79 Å². The van der Waals surface area contributed by atoms with E-state index in [-0.39, 0.29) is 18.0 Å². The quantitative estimate of drug-likeness (QED) is 0.668. The average Bonchev–Trinajstić information content (AvgIpc) is 2.54. The molecule has 6 heteroatoms. The molecule has 6 nitrogen and oxygen atoms in total. The first-order valence-corrected chi connectivity index (χ1v) is 7.99. The zero-order valence-electron chi connectivity index (χ0n) is 13.3. The lowest BCUT2D eigenvalue weighted by molar-refractivity contribution is -0.142. The normalized spacial score (nSPS) is 22.2. The number of amides is 2. The minimum atomic E-state index is -0.742. The second-order valence-electron chi connectivity index (χ2n) is 6.13. The number of aliphatic carboxylic acids is 1. The second kappa shape index (κ2) is 7.97. The predicted octanol–water partition coefficient (Wildman–Crippen LogP) is 2.18. The highest BCUT2D eigenvalue weighted by atomic mass is 16.4. The van der Waals surface area contributed by atoms with Crippen molar-refractivity contribution in [2.75, 3.05) is 0 Å². The molecule has 1 fully saturated rings. The van der Waals surface area contributed by atoms with Crippen LogP contribution in [0.25, 0.3) is 0 Å². The number of aliphatic hydroxyl groups excluding tert-OH is 1.